The molecule has 0 spiro atoms. The van der Waals surface area contributed by atoms with Crippen LogP contribution in [0.15, 0.2) is 30.6 Å². The van der Waals surface area contributed by atoms with Gasteiger partial charge in [0, 0.05) is 18.5 Å². The highest BCUT2D eigenvalue weighted by Crippen LogP contribution is 2.20. The largest absolute Gasteiger partial charge is 0.324 e. The summed E-state index contributed by atoms with van der Waals surface area (Å²) in [6.07, 6.45) is 2.31. The highest BCUT2D eigenvalue weighted by atomic mass is 15.3. The van der Waals surface area contributed by atoms with E-state index in [9.17, 15) is 0 Å². The predicted octanol–water partition coefficient (Wildman–Crippen LogP) is 3.22. The van der Waals surface area contributed by atoms with Crippen molar-refractivity contribution in [2.75, 3.05) is 0 Å². The minimum absolute atomic E-state index is 0.0436. The lowest BCUT2D eigenvalue weighted by Gasteiger charge is -2.15. The fourth-order valence-corrected chi connectivity index (χ4v) is 2.29. The highest BCUT2D eigenvalue weighted by Gasteiger charge is 2.13. The molecule has 0 aliphatic carbocycles. The second-order valence-electron chi connectivity index (χ2n) is 5.85. The molecule has 2 aromatic rings. The number of aromatic nitrogens is 3. The minimum Gasteiger partial charge on any atom is -0.324 e. The Kier molecular flexibility index (Phi) is 4.55. The van der Waals surface area contributed by atoms with E-state index >= 15 is 0 Å². The Balaban J connectivity index is 2.11. The minimum atomic E-state index is -0.0436. The van der Waals surface area contributed by atoms with Gasteiger partial charge in [-0.25, -0.2) is 9.67 Å². The lowest BCUT2D eigenvalue weighted by molar-refractivity contribution is 0.493. The van der Waals surface area contributed by atoms with Gasteiger partial charge in [0.15, 0.2) is 0 Å². The van der Waals surface area contributed by atoms with Gasteiger partial charge >= 0.3 is 0 Å². The predicted molar refractivity (Wildman–Crippen MR) is 81.6 cm³/mol. The molecule has 0 saturated carbocycles. The van der Waals surface area contributed by atoms with Gasteiger partial charge in [-0.15, -0.1) is 0 Å². The molecule has 4 nitrogen and oxygen atoms in total. The second-order valence-corrected chi connectivity index (χ2v) is 5.85. The molecule has 0 radical (unpaired) electrons. The Bertz CT molecular complexity index is 540. The number of nitrogens with two attached hydrogens (primary N) is 1. The molecule has 1 aromatic heterocycles. The summed E-state index contributed by atoms with van der Waals surface area (Å²) in [7, 11) is 0. The number of hydrogen-bond acceptors (Lipinski definition) is 3. The summed E-state index contributed by atoms with van der Waals surface area (Å²) >= 11 is 0. The zero-order valence-corrected chi connectivity index (χ0v) is 12.7. The summed E-state index contributed by atoms with van der Waals surface area (Å²) in [4.78, 5) is 4.32. The van der Waals surface area contributed by atoms with E-state index in [0.717, 1.165) is 11.4 Å². The van der Waals surface area contributed by atoms with Crippen LogP contribution in [0.2, 0.25) is 0 Å². The van der Waals surface area contributed by atoms with Gasteiger partial charge in [0.25, 0.3) is 0 Å². The maximum Gasteiger partial charge on any atom is 0.138 e. The van der Waals surface area contributed by atoms with Crippen molar-refractivity contribution in [2.24, 2.45) is 5.73 Å². The molecule has 20 heavy (non-hydrogen) atoms. The van der Waals surface area contributed by atoms with Gasteiger partial charge in [-0.2, -0.15) is 5.10 Å². The maximum absolute atomic E-state index is 6.30. The molecule has 0 saturated heterocycles. The van der Waals surface area contributed by atoms with E-state index in [4.69, 9.17) is 5.73 Å². The number of nitrogens with zero attached hydrogens (tertiary/aromatic N) is 3. The summed E-state index contributed by atoms with van der Waals surface area (Å²) in [6, 6.07) is 8.83. The van der Waals surface area contributed by atoms with Gasteiger partial charge in [0.2, 0.25) is 0 Å². The van der Waals surface area contributed by atoms with Crippen molar-refractivity contribution < 1.29 is 0 Å². The van der Waals surface area contributed by atoms with Gasteiger partial charge < -0.3 is 5.73 Å². The quantitative estimate of drug-likeness (QED) is 0.909. The van der Waals surface area contributed by atoms with Crippen molar-refractivity contribution in [1.82, 2.24) is 14.8 Å². The van der Waals surface area contributed by atoms with Crippen LogP contribution < -0.4 is 5.73 Å². The van der Waals surface area contributed by atoms with E-state index in [0.29, 0.717) is 18.4 Å². The molecule has 0 aliphatic rings. The van der Waals surface area contributed by atoms with Gasteiger partial charge in [-0.05, 0) is 30.9 Å². The van der Waals surface area contributed by atoms with Crippen molar-refractivity contribution in [1.29, 1.82) is 0 Å². The van der Waals surface area contributed by atoms with Crippen molar-refractivity contribution in [2.45, 2.75) is 52.1 Å². The first kappa shape index (κ1) is 14.7. The lowest BCUT2D eigenvalue weighted by atomic mass is 9.98. The fourth-order valence-electron chi connectivity index (χ4n) is 2.29. The second kappa shape index (κ2) is 6.18. The standard InChI is InChI=1S/C16H24N4/c1-11(2)13-5-7-14(8-6-13)15(17)9-16-18-10-19-20(16)12(3)4/h5-8,10-12,15H,9,17H2,1-4H3. The molecule has 1 aromatic carbocycles. The summed E-state index contributed by atoms with van der Waals surface area (Å²) in [6.45, 7) is 8.59. The third-order valence-corrected chi connectivity index (χ3v) is 3.57. The summed E-state index contributed by atoms with van der Waals surface area (Å²) < 4.78 is 1.93. The maximum atomic E-state index is 6.30. The van der Waals surface area contributed by atoms with Crippen LogP contribution in [0.1, 0.15) is 62.6 Å². The van der Waals surface area contributed by atoms with E-state index in [1.54, 1.807) is 6.33 Å². The molecule has 1 atom stereocenters. The zero-order chi connectivity index (χ0) is 14.7. The molecule has 4 heteroatoms. The zero-order valence-electron chi connectivity index (χ0n) is 12.7. The third kappa shape index (κ3) is 3.25. The molecular weight excluding hydrogens is 248 g/mol. The Morgan fingerprint density at radius 1 is 1.05 bits per heavy atom. The normalized spacial score (nSPS) is 13.2. The third-order valence-electron chi connectivity index (χ3n) is 3.57. The van der Waals surface area contributed by atoms with Crippen molar-refractivity contribution in [3.8, 4) is 0 Å². The van der Waals surface area contributed by atoms with Crippen molar-refractivity contribution >= 4 is 0 Å². The molecule has 1 heterocycles. The monoisotopic (exact) mass is 272 g/mol. The van der Waals surface area contributed by atoms with Crippen LogP contribution in [0.5, 0.6) is 0 Å². The average molecular weight is 272 g/mol. The van der Waals surface area contributed by atoms with Crippen molar-refractivity contribution in [3.63, 3.8) is 0 Å². The Labute approximate surface area is 121 Å². The Morgan fingerprint density at radius 3 is 2.20 bits per heavy atom. The fraction of sp³-hybridized carbons (Fsp3) is 0.500. The molecule has 0 aliphatic heterocycles. The molecule has 2 N–H and O–H groups in total. The van der Waals surface area contributed by atoms with E-state index in [-0.39, 0.29) is 6.04 Å². The Morgan fingerprint density at radius 2 is 1.65 bits per heavy atom. The smallest absolute Gasteiger partial charge is 0.138 e. The van der Waals surface area contributed by atoms with Crippen LogP contribution in [0.3, 0.4) is 0 Å². The van der Waals surface area contributed by atoms with E-state index in [2.05, 4.69) is 62.0 Å². The molecule has 0 bridgehead atoms. The summed E-state index contributed by atoms with van der Waals surface area (Å²) in [5.41, 5.74) is 8.79. The van der Waals surface area contributed by atoms with E-state index < -0.39 is 0 Å². The number of rotatable bonds is 5. The average Bonchev–Trinajstić information content (AvgIpc) is 2.87. The SMILES string of the molecule is CC(C)c1ccc(C(N)Cc2ncnn2C(C)C)cc1. The van der Waals surface area contributed by atoms with Crippen LogP contribution >= 0.6 is 0 Å². The van der Waals surface area contributed by atoms with Gasteiger partial charge in [0.1, 0.15) is 12.2 Å². The number of hydrogen-bond donors (Lipinski definition) is 1. The van der Waals surface area contributed by atoms with Crippen LogP contribution in [0.4, 0.5) is 0 Å². The molecule has 1 unspecified atom stereocenters. The topological polar surface area (TPSA) is 56.7 Å². The molecule has 0 fully saturated rings. The first-order valence-corrected chi connectivity index (χ1v) is 7.23. The van der Waals surface area contributed by atoms with Gasteiger partial charge in [0.05, 0.1) is 0 Å². The van der Waals surface area contributed by atoms with E-state index in [1.165, 1.54) is 5.56 Å². The van der Waals surface area contributed by atoms with Gasteiger partial charge in [-0.3, -0.25) is 0 Å². The van der Waals surface area contributed by atoms with E-state index in [1.807, 2.05) is 4.68 Å². The molecule has 108 valence electrons. The van der Waals surface area contributed by atoms with Gasteiger partial charge in [-0.1, -0.05) is 38.1 Å². The number of benzene rings is 1. The van der Waals surface area contributed by atoms with Crippen LogP contribution in [0, 0.1) is 0 Å². The summed E-state index contributed by atoms with van der Waals surface area (Å²) in [5, 5.41) is 4.25. The first-order chi connectivity index (χ1) is 9.49. The van der Waals surface area contributed by atoms with Crippen LogP contribution in [-0.4, -0.2) is 14.8 Å². The summed E-state index contributed by atoms with van der Waals surface area (Å²) in [5.74, 6) is 1.49. The van der Waals surface area contributed by atoms with Crippen LogP contribution in [0.25, 0.3) is 0 Å². The lowest BCUT2D eigenvalue weighted by Crippen LogP contribution is -2.18. The molecular formula is C16H24N4. The molecule has 2 rings (SSSR count). The highest BCUT2D eigenvalue weighted by molar-refractivity contribution is 5.27. The van der Waals surface area contributed by atoms with Crippen LogP contribution in [-0.2, 0) is 6.42 Å². The van der Waals surface area contributed by atoms with Crippen molar-refractivity contribution in [3.05, 3.63) is 47.5 Å². The molecule has 0 amide bonds. The Hall–Kier alpha value is -1.68. The first-order valence-electron chi connectivity index (χ1n) is 7.23.